The second-order valence-corrected chi connectivity index (χ2v) is 11.1. The predicted molar refractivity (Wildman–Crippen MR) is 148 cm³/mol. The van der Waals surface area contributed by atoms with E-state index in [0.29, 0.717) is 11.4 Å². The Kier molecular flexibility index (Phi) is 9.64. The molecule has 206 valence electrons. The van der Waals surface area contributed by atoms with Gasteiger partial charge in [-0.1, -0.05) is 37.0 Å². The Morgan fingerprint density at radius 1 is 1.00 bits per heavy atom. The van der Waals surface area contributed by atoms with Crippen LogP contribution in [0.5, 0.6) is 0 Å². The smallest absolute Gasteiger partial charge is 0.251 e. The molecular weight excluding hydrogens is 521 g/mol. The fraction of sp³-hybridized carbons (Fsp3) is 0.345. The van der Waals surface area contributed by atoms with Crippen LogP contribution in [0.25, 0.3) is 0 Å². The van der Waals surface area contributed by atoms with E-state index in [0.717, 1.165) is 37.7 Å². The predicted octanol–water partition coefficient (Wildman–Crippen LogP) is 4.64. The number of carbonyl (C=O) groups excluding carboxylic acids is 3. The lowest BCUT2D eigenvalue weighted by molar-refractivity contribution is -0.127. The van der Waals surface area contributed by atoms with Gasteiger partial charge >= 0.3 is 0 Å². The number of hydrogen-bond acceptors (Lipinski definition) is 5. The van der Waals surface area contributed by atoms with E-state index in [1.54, 1.807) is 24.3 Å². The van der Waals surface area contributed by atoms with Crippen molar-refractivity contribution in [3.63, 3.8) is 0 Å². The van der Waals surface area contributed by atoms with E-state index < -0.39 is 46.0 Å². The number of anilines is 2. The molecule has 3 aromatic rings. The van der Waals surface area contributed by atoms with E-state index >= 15 is 0 Å². The number of carbonyl (C=O) groups is 3. The highest BCUT2D eigenvalue weighted by Crippen LogP contribution is 2.30. The van der Waals surface area contributed by atoms with E-state index in [4.69, 9.17) is 4.42 Å². The van der Waals surface area contributed by atoms with Gasteiger partial charge in [-0.05, 0) is 68.3 Å². The van der Waals surface area contributed by atoms with Crippen LogP contribution in [-0.2, 0) is 25.2 Å². The standard InChI is InChI=1S/C29H32FN3O5S/c1-20-9-15-24(16-10-20)33(27(35)19-39(37)18-26(34)31-23-13-11-21(30)12-14-23)28(25-8-5-17-38-25)29(36)32-22-6-3-2-4-7-22/h5,8-17,22,28H,2-4,6-7,18-19H2,1H3,(H,31,34)(H,32,36)/t28-,39-/m0/s1. The second-order valence-electron chi connectivity index (χ2n) is 9.64. The van der Waals surface area contributed by atoms with E-state index in [1.807, 2.05) is 19.1 Å². The first-order valence-electron chi connectivity index (χ1n) is 12.9. The summed E-state index contributed by atoms with van der Waals surface area (Å²) in [5, 5.41) is 5.63. The molecule has 0 bridgehead atoms. The summed E-state index contributed by atoms with van der Waals surface area (Å²) in [5.74, 6) is -2.65. The first-order valence-corrected chi connectivity index (χ1v) is 14.4. The van der Waals surface area contributed by atoms with E-state index in [-0.39, 0.29) is 17.7 Å². The number of nitrogens with one attached hydrogen (secondary N) is 2. The van der Waals surface area contributed by atoms with Gasteiger partial charge in [0.05, 0.1) is 6.26 Å². The first kappa shape index (κ1) is 28.2. The molecule has 2 atom stereocenters. The van der Waals surface area contributed by atoms with Crippen molar-refractivity contribution < 1.29 is 27.4 Å². The van der Waals surface area contributed by atoms with Gasteiger partial charge in [0.15, 0.2) is 6.04 Å². The van der Waals surface area contributed by atoms with Crippen LogP contribution in [0.3, 0.4) is 0 Å². The highest BCUT2D eigenvalue weighted by Gasteiger charge is 2.36. The Hall–Kier alpha value is -3.79. The van der Waals surface area contributed by atoms with Crippen LogP contribution < -0.4 is 15.5 Å². The fourth-order valence-electron chi connectivity index (χ4n) is 4.62. The quantitative estimate of drug-likeness (QED) is 0.380. The number of hydrogen-bond donors (Lipinski definition) is 2. The maximum absolute atomic E-state index is 13.7. The Bertz CT molecular complexity index is 1290. The number of nitrogens with zero attached hydrogens (tertiary/aromatic N) is 1. The summed E-state index contributed by atoms with van der Waals surface area (Å²) in [6.45, 7) is 1.91. The van der Waals surface area contributed by atoms with Gasteiger partial charge in [-0.2, -0.15) is 0 Å². The third kappa shape index (κ3) is 7.86. The lowest BCUT2D eigenvalue weighted by Gasteiger charge is -2.32. The molecule has 3 amide bonds. The van der Waals surface area contributed by atoms with Gasteiger partial charge in [0.25, 0.3) is 5.91 Å². The minimum absolute atomic E-state index is 0.00275. The van der Waals surface area contributed by atoms with Gasteiger partial charge in [0.2, 0.25) is 11.8 Å². The minimum atomic E-state index is -1.88. The molecule has 8 nitrogen and oxygen atoms in total. The van der Waals surface area contributed by atoms with E-state index in [9.17, 15) is 23.0 Å². The van der Waals surface area contributed by atoms with E-state index in [1.165, 1.54) is 35.4 Å². The van der Waals surface area contributed by atoms with Gasteiger partial charge < -0.3 is 15.1 Å². The Morgan fingerprint density at radius 3 is 2.33 bits per heavy atom. The van der Waals surface area contributed by atoms with Crippen molar-refractivity contribution in [2.45, 2.75) is 51.1 Å². The zero-order valence-electron chi connectivity index (χ0n) is 21.7. The third-order valence-electron chi connectivity index (χ3n) is 6.56. The lowest BCUT2D eigenvalue weighted by atomic mass is 9.95. The van der Waals surface area contributed by atoms with Crippen molar-refractivity contribution >= 4 is 39.9 Å². The molecule has 0 aliphatic heterocycles. The number of halogens is 1. The highest BCUT2D eigenvalue weighted by atomic mass is 32.2. The molecule has 1 heterocycles. The molecule has 1 aromatic heterocycles. The van der Waals surface area contributed by atoms with Crippen molar-refractivity contribution in [2.24, 2.45) is 0 Å². The summed E-state index contributed by atoms with van der Waals surface area (Å²) in [5.41, 5.74) is 1.76. The SMILES string of the molecule is Cc1ccc(N(C(=O)C[S@@](=O)CC(=O)Nc2ccc(F)cc2)[C@H](C(=O)NC2CCCCC2)c2ccco2)cc1. The number of furan rings is 1. The summed E-state index contributed by atoms with van der Waals surface area (Å²) in [6.07, 6.45) is 6.34. The van der Waals surface area contributed by atoms with E-state index in [2.05, 4.69) is 10.6 Å². The van der Waals surface area contributed by atoms with Crippen molar-refractivity contribution in [2.75, 3.05) is 21.7 Å². The molecule has 2 N–H and O–H groups in total. The monoisotopic (exact) mass is 553 g/mol. The van der Waals surface area contributed by atoms with Crippen molar-refractivity contribution in [1.29, 1.82) is 0 Å². The minimum Gasteiger partial charge on any atom is -0.467 e. The highest BCUT2D eigenvalue weighted by molar-refractivity contribution is 7.86. The summed E-state index contributed by atoms with van der Waals surface area (Å²) in [7, 11) is -1.88. The first-order chi connectivity index (χ1) is 18.8. The van der Waals surface area contributed by atoms with Crippen LogP contribution in [0.4, 0.5) is 15.8 Å². The van der Waals surface area contributed by atoms with Crippen molar-refractivity contribution in [3.8, 4) is 0 Å². The zero-order chi connectivity index (χ0) is 27.8. The van der Waals surface area contributed by atoms with Gasteiger partial charge in [0, 0.05) is 28.2 Å². The number of benzene rings is 2. The van der Waals surface area contributed by atoms with Crippen molar-refractivity contribution in [1.82, 2.24) is 5.32 Å². The lowest BCUT2D eigenvalue weighted by Crippen LogP contribution is -2.48. The molecular formula is C29H32FN3O5S. The largest absolute Gasteiger partial charge is 0.467 e. The topological polar surface area (TPSA) is 109 Å². The summed E-state index contributed by atoms with van der Waals surface area (Å²) in [4.78, 5) is 41.1. The van der Waals surface area contributed by atoms with Crippen LogP contribution in [0.15, 0.2) is 71.3 Å². The van der Waals surface area contributed by atoms with Crippen LogP contribution in [-0.4, -0.2) is 39.5 Å². The maximum Gasteiger partial charge on any atom is 0.251 e. The fourth-order valence-corrected chi connectivity index (χ4v) is 5.51. The number of aryl methyl sites for hydroxylation is 1. The van der Waals surface area contributed by atoms with Gasteiger partial charge in [-0.3, -0.25) is 23.5 Å². The Morgan fingerprint density at radius 2 is 1.69 bits per heavy atom. The molecule has 1 aliphatic rings. The molecule has 0 radical (unpaired) electrons. The Balaban J connectivity index is 1.54. The molecule has 0 saturated heterocycles. The molecule has 0 unspecified atom stereocenters. The Labute approximate surface area is 229 Å². The van der Waals surface area contributed by atoms with Crippen LogP contribution in [0, 0.1) is 12.7 Å². The van der Waals surface area contributed by atoms with Gasteiger partial charge in [-0.25, -0.2) is 4.39 Å². The normalized spacial score (nSPS) is 15.2. The van der Waals surface area contributed by atoms with Crippen LogP contribution in [0.1, 0.15) is 49.5 Å². The van der Waals surface area contributed by atoms with Gasteiger partial charge in [-0.15, -0.1) is 0 Å². The molecule has 1 aliphatic carbocycles. The molecule has 0 spiro atoms. The third-order valence-corrected chi connectivity index (χ3v) is 7.71. The number of amides is 3. The van der Waals surface area contributed by atoms with Gasteiger partial charge in [0.1, 0.15) is 23.1 Å². The van der Waals surface area contributed by atoms with Crippen LogP contribution in [0.2, 0.25) is 0 Å². The van der Waals surface area contributed by atoms with Crippen molar-refractivity contribution in [3.05, 3.63) is 84.1 Å². The molecule has 1 saturated carbocycles. The molecule has 39 heavy (non-hydrogen) atoms. The summed E-state index contributed by atoms with van der Waals surface area (Å²) < 4.78 is 31.6. The zero-order valence-corrected chi connectivity index (χ0v) is 22.5. The molecule has 4 rings (SSSR count). The molecule has 2 aromatic carbocycles. The maximum atomic E-state index is 13.7. The second kappa shape index (κ2) is 13.3. The summed E-state index contributed by atoms with van der Waals surface area (Å²) >= 11 is 0. The van der Waals surface area contributed by atoms with Crippen LogP contribution >= 0.6 is 0 Å². The molecule has 1 fully saturated rings. The average Bonchev–Trinajstić information content (AvgIpc) is 3.44. The molecule has 10 heteroatoms. The summed E-state index contributed by atoms with van der Waals surface area (Å²) in [6, 6.07) is 14.4. The average molecular weight is 554 g/mol. The number of rotatable bonds is 10.